The largest absolute Gasteiger partial charge is 0.399 e. The van der Waals surface area contributed by atoms with Crippen LogP contribution in [0.1, 0.15) is 37.0 Å². The summed E-state index contributed by atoms with van der Waals surface area (Å²) in [5, 5.41) is 6.18. The Balaban J connectivity index is 2.16. The van der Waals surface area contributed by atoms with Gasteiger partial charge in [0.1, 0.15) is 0 Å². The Kier molecular flexibility index (Phi) is 4.84. The van der Waals surface area contributed by atoms with Crippen LogP contribution in [0.5, 0.6) is 0 Å². The van der Waals surface area contributed by atoms with Crippen molar-refractivity contribution in [3.05, 3.63) is 23.8 Å². The summed E-state index contributed by atoms with van der Waals surface area (Å²) in [7, 11) is 0. The quantitative estimate of drug-likeness (QED) is 0.719. The SMILES string of the molecule is CCNC(=O)c1ccc(N)cc1NC(C)C1CCCO1. The Morgan fingerprint density at radius 3 is 3.00 bits per heavy atom. The lowest BCUT2D eigenvalue weighted by Gasteiger charge is -2.23. The third-order valence-corrected chi connectivity index (χ3v) is 3.53. The Labute approximate surface area is 119 Å². The standard InChI is InChI=1S/C15H23N3O2/c1-3-17-15(19)12-7-6-11(16)9-13(12)18-10(2)14-5-4-8-20-14/h6-7,9-10,14,18H,3-5,8,16H2,1-2H3,(H,17,19). The van der Waals surface area contributed by atoms with Gasteiger partial charge in [-0.1, -0.05) is 0 Å². The number of carbonyl (C=O) groups excluding carboxylic acids is 1. The number of nitrogens with two attached hydrogens (primary N) is 1. The van der Waals surface area contributed by atoms with Crippen LogP contribution in [-0.2, 0) is 4.74 Å². The Morgan fingerprint density at radius 2 is 2.35 bits per heavy atom. The van der Waals surface area contributed by atoms with Gasteiger partial charge in [-0.2, -0.15) is 0 Å². The van der Waals surface area contributed by atoms with Crippen molar-refractivity contribution in [3.63, 3.8) is 0 Å². The minimum Gasteiger partial charge on any atom is -0.399 e. The minimum absolute atomic E-state index is 0.0884. The van der Waals surface area contributed by atoms with E-state index < -0.39 is 0 Å². The van der Waals surface area contributed by atoms with Crippen LogP contribution < -0.4 is 16.4 Å². The van der Waals surface area contributed by atoms with Gasteiger partial charge in [0.2, 0.25) is 0 Å². The predicted molar refractivity (Wildman–Crippen MR) is 80.9 cm³/mol. The highest BCUT2D eigenvalue weighted by Gasteiger charge is 2.23. The van der Waals surface area contributed by atoms with Crippen LogP contribution >= 0.6 is 0 Å². The average molecular weight is 277 g/mol. The van der Waals surface area contributed by atoms with Crippen LogP contribution in [0.3, 0.4) is 0 Å². The lowest BCUT2D eigenvalue weighted by atomic mass is 10.1. The first-order valence-electron chi connectivity index (χ1n) is 7.17. The van der Waals surface area contributed by atoms with E-state index in [0.29, 0.717) is 17.8 Å². The molecular weight excluding hydrogens is 254 g/mol. The number of carbonyl (C=O) groups is 1. The molecule has 1 fully saturated rings. The maximum absolute atomic E-state index is 12.1. The number of nitrogen functional groups attached to an aromatic ring is 1. The number of rotatable bonds is 5. The average Bonchev–Trinajstić information content (AvgIpc) is 2.93. The molecule has 2 rings (SSSR count). The predicted octanol–water partition coefficient (Wildman–Crippen LogP) is 2.00. The molecule has 1 aliphatic heterocycles. The number of hydrogen-bond donors (Lipinski definition) is 3. The van der Waals surface area contributed by atoms with Crippen molar-refractivity contribution in [2.24, 2.45) is 0 Å². The number of amides is 1. The zero-order valence-electron chi connectivity index (χ0n) is 12.1. The van der Waals surface area contributed by atoms with E-state index in [1.807, 2.05) is 6.92 Å². The number of benzene rings is 1. The molecule has 0 spiro atoms. The molecular formula is C15H23N3O2. The van der Waals surface area contributed by atoms with Crippen molar-refractivity contribution in [1.29, 1.82) is 0 Å². The van der Waals surface area contributed by atoms with Crippen LogP contribution in [0, 0.1) is 0 Å². The second-order valence-corrected chi connectivity index (χ2v) is 5.15. The van der Waals surface area contributed by atoms with Crippen molar-refractivity contribution in [3.8, 4) is 0 Å². The van der Waals surface area contributed by atoms with E-state index in [1.165, 1.54) is 0 Å². The first-order chi connectivity index (χ1) is 9.61. The first kappa shape index (κ1) is 14.7. The third-order valence-electron chi connectivity index (χ3n) is 3.53. The van der Waals surface area contributed by atoms with Crippen molar-refractivity contribution >= 4 is 17.3 Å². The molecule has 2 unspecified atom stereocenters. The molecule has 0 bridgehead atoms. The fourth-order valence-electron chi connectivity index (χ4n) is 2.47. The lowest BCUT2D eigenvalue weighted by molar-refractivity contribution is 0.0952. The van der Waals surface area contributed by atoms with Crippen LogP contribution in [-0.4, -0.2) is 31.2 Å². The van der Waals surface area contributed by atoms with Crippen LogP contribution in [0.4, 0.5) is 11.4 Å². The summed E-state index contributed by atoms with van der Waals surface area (Å²) in [6, 6.07) is 5.44. The summed E-state index contributed by atoms with van der Waals surface area (Å²) >= 11 is 0. The molecule has 1 aromatic rings. The van der Waals surface area contributed by atoms with E-state index >= 15 is 0 Å². The Bertz CT molecular complexity index is 470. The van der Waals surface area contributed by atoms with E-state index in [0.717, 1.165) is 25.1 Å². The van der Waals surface area contributed by atoms with Crippen molar-refractivity contribution in [2.45, 2.75) is 38.8 Å². The van der Waals surface area contributed by atoms with Crippen LogP contribution in [0.2, 0.25) is 0 Å². The van der Waals surface area contributed by atoms with Gasteiger partial charge in [0.15, 0.2) is 0 Å². The molecule has 1 aliphatic rings. The van der Waals surface area contributed by atoms with E-state index in [9.17, 15) is 4.79 Å². The summed E-state index contributed by atoms with van der Waals surface area (Å²) < 4.78 is 5.67. The zero-order chi connectivity index (χ0) is 14.5. The third kappa shape index (κ3) is 3.42. The first-order valence-corrected chi connectivity index (χ1v) is 7.17. The summed E-state index contributed by atoms with van der Waals surface area (Å²) in [6.07, 6.45) is 2.34. The Morgan fingerprint density at radius 1 is 1.55 bits per heavy atom. The van der Waals surface area contributed by atoms with E-state index in [-0.39, 0.29) is 18.1 Å². The maximum atomic E-state index is 12.1. The molecule has 1 amide bonds. The molecule has 0 aromatic heterocycles. The van der Waals surface area contributed by atoms with Crippen molar-refractivity contribution < 1.29 is 9.53 Å². The second-order valence-electron chi connectivity index (χ2n) is 5.15. The molecule has 1 saturated heterocycles. The number of anilines is 2. The van der Waals surface area contributed by atoms with E-state index in [4.69, 9.17) is 10.5 Å². The molecule has 1 aromatic carbocycles. The monoisotopic (exact) mass is 277 g/mol. The molecule has 20 heavy (non-hydrogen) atoms. The van der Waals surface area contributed by atoms with E-state index in [1.54, 1.807) is 18.2 Å². The summed E-state index contributed by atoms with van der Waals surface area (Å²) in [6.45, 7) is 5.39. The summed E-state index contributed by atoms with van der Waals surface area (Å²) in [4.78, 5) is 12.1. The maximum Gasteiger partial charge on any atom is 0.253 e. The highest BCUT2D eigenvalue weighted by Crippen LogP contribution is 2.23. The molecule has 0 saturated carbocycles. The zero-order valence-corrected chi connectivity index (χ0v) is 12.1. The van der Waals surface area contributed by atoms with Gasteiger partial charge in [-0.05, 0) is 44.9 Å². The molecule has 4 N–H and O–H groups in total. The molecule has 0 radical (unpaired) electrons. The molecule has 2 atom stereocenters. The normalized spacial score (nSPS) is 19.6. The highest BCUT2D eigenvalue weighted by atomic mass is 16.5. The van der Waals surface area contributed by atoms with Gasteiger partial charge in [0, 0.05) is 30.6 Å². The minimum atomic E-state index is -0.0884. The molecule has 5 nitrogen and oxygen atoms in total. The highest BCUT2D eigenvalue weighted by molar-refractivity contribution is 6.00. The van der Waals surface area contributed by atoms with Gasteiger partial charge >= 0.3 is 0 Å². The molecule has 0 aliphatic carbocycles. The molecule has 5 heteroatoms. The van der Waals surface area contributed by atoms with Crippen molar-refractivity contribution in [1.82, 2.24) is 5.32 Å². The number of ether oxygens (including phenoxy) is 1. The van der Waals surface area contributed by atoms with Gasteiger partial charge in [-0.3, -0.25) is 4.79 Å². The van der Waals surface area contributed by atoms with Gasteiger partial charge in [0.05, 0.1) is 11.7 Å². The fraction of sp³-hybridized carbons (Fsp3) is 0.533. The molecule has 1 heterocycles. The van der Waals surface area contributed by atoms with Gasteiger partial charge in [0.25, 0.3) is 5.91 Å². The molecule has 110 valence electrons. The van der Waals surface area contributed by atoms with Gasteiger partial charge in [-0.15, -0.1) is 0 Å². The smallest absolute Gasteiger partial charge is 0.253 e. The topological polar surface area (TPSA) is 76.4 Å². The van der Waals surface area contributed by atoms with Gasteiger partial charge < -0.3 is 21.1 Å². The van der Waals surface area contributed by atoms with Gasteiger partial charge in [-0.25, -0.2) is 0 Å². The Hall–Kier alpha value is -1.75. The second kappa shape index (κ2) is 6.61. The van der Waals surface area contributed by atoms with Crippen LogP contribution in [0.15, 0.2) is 18.2 Å². The van der Waals surface area contributed by atoms with Crippen LogP contribution in [0.25, 0.3) is 0 Å². The summed E-state index contributed by atoms with van der Waals surface area (Å²) in [5.74, 6) is -0.0884. The summed E-state index contributed by atoms with van der Waals surface area (Å²) in [5.41, 5.74) is 7.85. The van der Waals surface area contributed by atoms with Crippen molar-refractivity contribution in [2.75, 3.05) is 24.2 Å². The lowest BCUT2D eigenvalue weighted by Crippen LogP contribution is -2.32. The number of nitrogens with one attached hydrogen (secondary N) is 2. The number of hydrogen-bond acceptors (Lipinski definition) is 4. The fourth-order valence-corrected chi connectivity index (χ4v) is 2.47. The van der Waals surface area contributed by atoms with E-state index in [2.05, 4.69) is 17.6 Å².